The molecule has 0 aliphatic rings. The maximum Gasteiger partial charge on any atom is 0.242 e. The minimum Gasteiger partial charge on any atom is -0.394 e. The van der Waals surface area contributed by atoms with Crippen LogP contribution >= 0.6 is 23.4 Å². The molecule has 1 aromatic heterocycles. The first-order chi connectivity index (χ1) is 12.4. The average molecular weight is 413 g/mol. The molecule has 0 N–H and O–H groups in total. The van der Waals surface area contributed by atoms with Crippen molar-refractivity contribution < 1.29 is 13.3 Å². The molecule has 3 rings (SSSR count). The van der Waals surface area contributed by atoms with Crippen molar-refractivity contribution in [3.8, 4) is 0 Å². The molecule has 26 heavy (non-hydrogen) atoms. The van der Waals surface area contributed by atoms with Crippen molar-refractivity contribution in [2.75, 3.05) is 26.5 Å². The summed E-state index contributed by atoms with van der Waals surface area (Å²) in [7, 11) is -0.562. The van der Waals surface area contributed by atoms with E-state index in [0.29, 0.717) is 28.4 Å². The second-order valence-electron chi connectivity index (χ2n) is 5.54. The third-order valence-corrected chi connectivity index (χ3v) is 6.58. The normalized spacial score (nSPS) is 12.0. The van der Waals surface area contributed by atoms with E-state index in [9.17, 15) is 8.42 Å². The zero-order valence-electron chi connectivity index (χ0n) is 14.2. The van der Waals surface area contributed by atoms with E-state index in [1.54, 1.807) is 17.8 Å². The average Bonchev–Trinajstić information content (AvgIpc) is 3.02. The summed E-state index contributed by atoms with van der Waals surface area (Å²) in [6.45, 7) is 0.385. The van der Waals surface area contributed by atoms with E-state index in [1.165, 1.54) is 31.1 Å². The lowest BCUT2D eigenvalue weighted by atomic mass is 10.3. The highest BCUT2D eigenvalue weighted by Crippen LogP contribution is 2.21. The van der Waals surface area contributed by atoms with Gasteiger partial charge in [-0.25, -0.2) is 12.7 Å². The zero-order valence-corrected chi connectivity index (χ0v) is 16.6. The molecule has 0 fully saturated rings. The molecule has 0 saturated heterocycles. The van der Waals surface area contributed by atoms with Crippen molar-refractivity contribution in [1.82, 2.24) is 19.5 Å². The standard InChI is InChI=1S/C16H17ClN4O3S2/c1-20(2)26(22,23)14-7-8-15-16(11-14)21(19-18-15)24-9-10-25-13-5-3-12(17)4-6-13/h3-8,11H,9-10H2,1-2H3. The Balaban J connectivity index is 1.69. The van der Waals surface area contributed by atoms with Gasteiger partial charge in [0.25, 0.3) is 0 Å². The number of hydrogen-bond donors (Lipinski definition) is 0. The van der Waals surface area contributed by atoms with E-state index in [4.69, 9.17) is 16.4 Å². The summed E-state index contributed by atoms with van der Waals surface area (Å²) in [4.78, 5) is 8.13. The Labute approximate surface area is 160 Å². The molecule has 138 valence electrons. The second kappa shape index (κ2) is 7.83. The highest BCUT2D eigenvalue weighted by Gasteiger charge is 2.19. The van der Waals surface area contributed by atoms with E-state index in [-0.39, 0.29) is 4.90 Å². The molecule has 0 aliphatic heterocycles. The summed E-state index contributed by atoms with van der Waals surface area (Å²) in [6, 6.07) is 12.2. The quantitative estimate of drug-likeness (QED) is 0.438. The first-order valence-corrected chi connectivity index (χ1v) is 10.5. The predicted molar refractivity (Wildman–Crippen MR) is 102 cm³/mol. The molecule has 0 bridgehead atoms. The molecule has 10 heteroatoms. The molecular formula is C16H17ClN4O3S2. The van der Waals surface area contributed by atoms with Crippen LogP contribution < -0.4 is 4.84 Å². The summed E-state index contributed by atoms with van der Waals surface area (Å²) in [5.74, 6) is 0.693. The van der Waals surface area contributed by atoms with Crippen LogP contribution in [0.25, 0.3) is 11.0 Å². The summed E-state index contributed by atoms with van der Waals surface area (Å²) in [5.41, 5.74) is 1.07. The fraction of sp³-hybridized carbons (Fsp3) is 0.250. The van der Waals surface area contributed by atoms with Gasteiger partial charge in [0.15, 0.2) is 0 Å². The van der Waals surface area contributed by atoms with Gasteiger partial charge in [-0.3, -0.25) is 0 Å². The molecule has 3 aromatic rings. The number of benzene rings is 2. The Hall–Kier alpha value is -1.81. The van der Waals surface area contributed by atoms with Crippen LogP contribution in [0.5, 0.6) is 0 Å². The number of hydrogen-bond acceptors (Lipinski definition) is 6. The number of thioether (sulfide) groups is 1. The minimum absolute atomic E-state index is 0.165. The number of sulfonamides is 1. The van der Waals surface area contributed by atoms with E-state index < -0.39 is 10.0 Å². The molecule has 0 radical (unpaired) electrons. The Morgan fingerprint density at radius 2 is 1.92 bits per heavy atom. The van der Waals surface area contributed by atoms with Crippen LogP contribution in [-0.4, -0.2) is 54.3 Å². The van der Waals surface area contributed by atoms with Gasteiger partial charge >= 0.3 is 0 Å². The number of aromatic nitrogens is 3. The van der Waals surface area contributed by atoms with Gasteiger partial charge in [0.2, 0.25) is 10.0 Å². The van der Waals surface area contributed by atoms with Crippen molar-refractivity contribution in [3.05, 3.63) is 47.5 Å². The first-order valence-electron chi connectivity index (χ1n) is 7.67. The van der Waals surface area contributed by atoms with E-state index in [1.807, 2.05) is 24.3 Å². The van der Waals surface area contributed by atoms with Gasteiger partial charge in [-0.05, 0) is 47.7 Å². The Morgan fingerprint density at radius 3 is 2.62 bits per heavy atom. The Morgan fingerprint density at radius 1 is 1.19 bits per heavy atom. The Bertz CT molecular complexity index is 1000. The predicted octanol–water partition coefficient (Wildman–Crippen LogP) is 2.56. The van der Waals surface area contributed by atoms with Crippen molar-refractivity contribution in [3.63, 3.8) is 0 Å². The fourth-order valence-electron chi connectivity index (χ4n) is 2.16. The van der Waals surface area contributed by atoms with Gasteiger partial charge in [-0.2, -0.15) is 0 Å². The highest BCUT2D eigenvalue weighted by atomic mass is 35.5. The molecule has 0 aliphatic carbocycles. The number of rotatable bonds is 7. The lowest BCUT2D eigenvalue weighted by molar-refractivity contribution is 0.0999. The number of fused-ring (bicyclic) bond motifs is 1. The van der Waals surface area contributed by atoms with Gasteiger partial charge in [-0.1, -0.05) is 16.4 Å². The topological polar surface area (TPSA) is 77.3 Å². The second-order valence-corrected chi connectivity index (χ2v) is 9.29. The molecule has 2 aromatic carbocycles. The first kappa shape index (κ1) is 19.0. The van der Waals surface area contributed by atoms with Gasteiger partial charge in [0.1, 0.15) is 17.6 Å². The lowest BCUT2D eigenvalue weighted by Crippen LogP contribution is -2.22. The molecular weight excluding hydrogens is 396 g/mol. The van der Waals surface area contributed by atoms with E-state index in [2.05, 4.69) is 10.3 Å². The smallest absolute Gasteiger partial charge is 0.242 e. The monoisotopic (exact) mass is 412 g/mol. The van der Waals surface area contributed by atoms with Crippen LogP contribution in [0.2, 0.25) is 5.02 Å². The van der Waals surface area contributed by atoms with Crippen molar-refractivity contribution >= 4 is 44.4 Å². The fourth-order valence-corrected chi connectivity index (χ4v) is 3.93. The summed E-state index contributed by atoms with van der Waals surface area (Å²) >= 11 is 7.48. The Kier molecular flexibility index (Phi) is 5.71. The van der Waals surface area contributed by atoms with Crippen LogP contribution in [0, 0.1) is 0 Å². The molecule has 0 spiro atoms. The molecule has 0 saturated carbocycles. The lowest BCUT2D eigenvalue weighted by Gasteiger charge is -2.11. The maximum atomic E-state index is 12.3. The van der Waals surface area contributed by atoms with Crippen LogP contribution in [-0.2, 0) is 10.0 Å². The van der Waals surface area contributed by atoms with E-state index in [0.717, 1.165) is 9.20 Å². The third kappa shape index (κ3) is 4.12. The minimum atomic E-state index is -3.53. The van der Waals surface area contributed by atoms with Crippen LogP contribution in [0.4, 0.5) is 0 Å². The third-order valence-electron chi connectivity index (χ3n) is 3.54. The van der Waals surface area contributed by atoms with Gasteiger partial charge in [0, 0.05) is 29.8 Å². The largest absolute Gasteiger partial charge is 0.394 e. The number of halogens is 1. The molecule has 7 nitrogen and oxygen atoms in total. The summed E-state index contributed by atoms with van der Waals surface area (Å²) in [6.07, 6.45) is 0. The molecule has 0 unspecified atom stereocenters. The highest BCUT2D eigenvalue weighted by molar-refractivity contribution is 7.99. The summed E-state index contributed by atoms with van der Waals surface area (Å²) < 4.78 is 25.7. The van der Waals surface area contributed by atoms with Crippen LogP contribution in [0.1, 0.15) is 0 Å². The maximum absolute atomic E-state index is 12.3. The van der Waals surface area contributed by atoms with Crippen molar-refractivity contribution in [2.24, 2.45) is 0 Å². The SMILES string of the molecule is CN(C)S(=O)(=O)c1ccc2nnn(OCCSc3ccc(Cl)cc3)c2c1. The van der Waals surface area contributed by atoms with E-state index >= 15 is 0 Å². The zero-order chi connectivity index (χ0) is 18.7. The number of nitrogens with zero attached hydrogens (tertiary/aromatic N) is 4. The molecule has 0 amide bonds. The van der Waals surface area contributed by atoms with Crippen molar-refractivity contribution in [1.29, 1.82) is 0 Å². The molecule has 1 heterocycles. The molecule has 0 atom stereocenters. The van der Waals surface area contributed by atoms with Gasteiger partial charge in [0.05, 0.1) is 4.90 Å². The van der Waals surface area contributed by atoms with Crippen LogP contribution in [0.15, 0.2) is 52.3 Å². The van der Waals surface area contributed by atoms with Gasteiger partial charge in [-0.15, -0.1) is 16.9 Å². The summed E-state index contributed by atoms with van der Waals surface area (Å²) in [5, 5.41) is 8.62. The van der Waals surface area contributed by atoms with Crippen molar-refractivity contribution in [2.45, 2.75) is 9.79 Å². The van der Waals surface area contributed by atoms with Gasteiger partial charge < -0.3 is 4.84 Å². The van der Waals surface area contributed by atoms with Crippen LogP contribution in [0.3, 0.4) is 0 Å².